The lowest BCUT2D eigenvalue weighted by Gasteiger charge is -1.97. The molecule has 0 radical (unpaired) electrons. The lowest BCUT2D eigenvalue weighted by molar-refractivity contribution is 0.103. The van der Waals surface area contributed by atoms with Crippen molar-refractivity contribution in [1.82, 2.24) is 4.98 Å². The summed E-state index contributed by atoms with van der Waals surface area (Å²) in [6.45, 7) is 0.544. The second kappa shape index (κ2) is 5.40. The number of nitrogens with two attached hydrogens (primary N) is 1. The van der Waals surface area contributed by atoms with E-state index in [1.54, 1.807) is 29.6 Å². The van der Waals surface area contributed by atoms with Gasteiger partial charge in [0.15, 0.2) is 0 Å². The molecule has 0 saturated carbocycles. The van der Waals surface area contributed by atoms with Crippen LogP contribution in [-0.2, 0) is 6.42 Å². The maximum absolute atomic E-state index is 12.0. The van der Waals surface area contributed by atoms with Crippen LogP contribution < -0.4 is 5.73 Å². The summed E-state index contributed by atoms with van der Waals surface area (Å²) in [6.07, 6.45) is 0.707. The molecule has 0 unspecified atom stereocenters. The summed E-state index contributed by atoms with van der Waals surface area (Å²) in [4.78, 5) is 16.3. The molecule has 0 aliphatic rings. The third-order valence-corrected chi connectivity index (χ3v) is 3.41. The first kappa shape index (κ1) is 12.2. The van der Waals surface area contributed by atoms with Crippen LogP contribution in [-0.4, -0.2) is 17.3 Å². The summed E-state index contributed by atoms with van der Waals surface area (Å²) in [5, 5.41) is 3.27. The fraction of sp³-hybridized carbons (Fsp3) is 0.167. The lowest BCUT2D eigenvalue weighted by atomic mass is 10.1. The molecule has 2 N–H and O–H groups in total. The van der Waals surface area contributed by atoms with Gasteiger partial charge < -0.3 is 5.73 Å². The zero-order valence-electron chi connectivity index (χ0n) is 9.02. The molecule has 0 atom stereocenters. The molecular weight excluding hydrogens is 256 g/mol. The highest BCUT2D eigenvalue weighted by molar-refractivity contribution is 7.09. The van der Waals surface area contributed by atoms with Crippen LogP contribution in [0.25, 0.3) is 0 Å². The third kappa shape index (κ3) is 2.91. The highest BCUT2D eigenvalue weighted by Gasteiger charge is 2.12. The Bertz CT molecular complexity index is 522. The van der Waals surface area contributed by atoms with Gasteiger partial charge in [-0.1, -0.05) is 11.6 Å². The lowest BCUT2D eigenvalue weighted by Crippen LogP contribution is -2.04. The monoisotopic (exact) mass is 266 g/mol. The first-order valence-electron chi connectivity index (χ1n) is 5.15. The molecule has 88 valence electrons. The minimum absolute atomic E-state index is 0.0822. The normalized spacial score (nSPS) is 10.5. The number of halogens is 1. The smallest absolute Gasteiger partial charge is 0.212 e. The highest BCUT2D eigenvalue weighted by Crippen LogP contribution is 2.16. The molecule has 0 amide bonds. The average Bonchev–Trinajstić information content (AvgIpc) is 2.78. The van der Waals surface area contributed by atoms with Gasteiger partial charge in [-0.2, -0.15) is 0 Å². The Morgan fingerprint density at radius 1 is 1.35 bits per heavy atom. The Morgan fingerprint density at radius 2 is 2.06 bits per heavy atom. The van der Waals surface area contributed by atoms with Crippen LogP contribution in [0.1, 0.15) is 21.1 Å². The van der Waals surface area contributed by atoms with Gasteiger partial charge in [0.25, 0.3) is 0 Å². The van der Waals surface area contributed by atoms with E-state index in [2.05, 4.69) is 4.98 Å². The van der Waals surface area contributed by atoms with Crippen LogP contribution in [0, 0.1) is 0 Å². The first-order valence-corrected chi connectivity index (χ1v) is 6.41. The molecule has 2 aromatic rings. The van der Waals surface area contributed by atoms with Crippen LogP contribution in [0.4, 0.5) is 0 Å². The van der Waals surface area contributed by atoms with Crippen LogP contribution in [0.15, 0.2) is 29.6 Å². The van der Waals surface area contributed by atoms with Crippen molar-refractivity contribution in [2.45, 2.75) is 6.42 Å². The van der Waals surface area contributed by atoms with Crippen molar-refractivity contribution in [3.63, 3.8) is 0 Å². The van der Waals surface area contributed by atoms with Crippen molar-refractivity contribution in [3.8, 4) is 0 Å². The van der Waals surface area contributed by atoms with E-state index in [-0.39, 0.29) is 5.78 Å². The van der Waals surface area contributed by atoms with Gasteiger partial charge in [-0.15, -0.1) is 11.3 Å². The van der Waals surface area contributed by atoms with Gasteiger partial charge in [-0.3, -0.25) is 4.79 Å². The Balaban J connectivity index is 2.21. The number of hydrogen-bond acceptors (Lipinski definition) is 4. The van der Waals surface area contributed by atoms with E-state index in [4.69, 9.17) is 17.3 Å². The molecule has 0 aliphatic carbocycles. The van der Waals surface area contributed by atoms with Crippen LogP contribution in [0.2, 0.25) is 5.02 Å². The molecular formula is C12H11ClN2OS. The number of carbonyl (C=O) groups is 1. The number of benzene rings is 1. The zero-order chi connectivity index (χ0) is 12.3. The zero-order valence-corrected chi connectivity index (χ0v) is 10.6. The Kier molecular flexibility index (Phi) is 3.89. The van der Waals surface area contributed by atoms with Crippen molar-refractivity contribution in [2.75, 3.05) is 6.54 Å². The standard InChI is InChI=1S/C12H11ClN2OS/c13-9-3-1-8(2-4-9)12(16)10-7-17-11(15-10)5-6-14/h1-4,7H,5-6,14H2. The van der Waals surface area contributed by atoms with Crippen molar-refractivity contribution in [2.24, 2.45) is 5.73 Å². The number of ketones is 1. The topological polar surface area (TPSA) is 56.0 Å². The first-order chi connectivity index (χ1) is 8.20. The molecule has 3 nitrogen and oxygen atoms in total. The molecule has 0 saturated heterocycles. The van der Waals surface area contributed by atoms with Gasteiger partial charge >= 0.3 is 0 Å². The molecule has 0 aliphatic heterocycles. The predicted molar refractivity (Wildman–Crippen MR) is 69.8 cm³/mol. The third-order valence-electron chi connectivity index (χ3n) is 2.25. The fourth-order valence-electron chi connectivity index (χ4n) is 1.40. The minimum atomic E-state index is -0.0822. The van der Waals surface area contributed by atoms with Crippen LogP contribution in [0.5, 0.6) is 0 Å². The number of aromatic nitrogens is 1. The largest absolute Gasteiger partial charge is 0.330 e. The van der Waals surface area contributed by atoms with Gasteiger partial charge in [0.1, 0.15) is 5.69 Å². The van der Waals surface area contributed by atoms with Gasteiger partial charge in [0.2, 0.25) is 5.78 Å². The minimum Gasteiger partial charge on any atom is -0.330 e. The Labute approximate surface area is 108 Å². The van der Waals surface area contributed by atoms with Gasteiger partial charge in [-0.05, 0) is 30.8 Å². The SMILES string of the molecule is NCCc1nc(C(=O)c2ccc(Cl)cc2)cs1. The Morgan fingerprint density at radius 3 is 2.71 bits per heavy atom. The summed E-state index contributed by atoms with van der Waals surface area (Å²) in [6, 6.07) is 6.79. The molecule has 1 aromatic carbocycles. The summed E-state index contributed by atoms with van der Waals surface area (Å²) in [5.41, 5.74) is 6.51. The van der Waals surface area contributed by atoms with Gasteiger partial charge in [-0.25, -0.2) is 4.98 Å². The molecule has 0 bridgehead atoms. The van der Waals surface area contributed by atoms with E-state index in [0.29, 0.717) is 29.2 Å². The van der Waals surface area contributed by atoms with Crippen molar-refractivity contribution in [1.29, 1.82) is 0 Å². The summed E-state index contributed by atoms with van der Waals surface area (Å²) in [5.74, 6) is -0.0822. The molecule has 2 rings (SSSR count). The summed E-state index contributed by atoms with van der Waals surface area (Å²) in [7, 11) is 0. The maximum atomic E-state index is 12.0. The second-order valence-corrected chi connectivity index (χ2v) is 4.88. The van der Waals surface area contributed by atoms with E-state index < -0.39 is 0 Å². The molecule has 1 heterocycles. The average molecular weight is 267 g/mol. The fourth-order valence-corrected chi connectivity index (χ4v) is 2.32. The highest BCUT2D eigenvalue weighted by atomic mass is 35.5. The molecule has 5 heteroatoms. The maximum Gasteiger partial charge on any atom is 0.212 e. The quantitative estimate of drug-likeness (QED) is 0.865. The van der Waals surface area contributed by atoms with Crippen molar-refractivity contribution < 1.29 is 4.79 Å². The van der Waals surface area contributed by atoms with E-state index in [9.17, 15) is 4.79 Å². The van der Waals surface area contributed by atoms with E-state index >= 15 is 0 Å². The number of nitrogens with zero attached hydrogens (tertiary/aromatic N) is 1. The Hall–Kier alpha value is -1.23. The number of hydrogen-bond donors (Lipinski definition) is 1. The predicted octanol–water partition coefficient (Wildman–Crippen LogP) is 2.53. The summed E-state index contributed by atoms with van der Waals surface area (Å²) >= 11 is 7.23. The van der Waals surface area contributed by atoms with Crippen molar-refractivity contribution in [3.05, 3.63) is 50.9 Å². The van der Waals surface area contributed by atoms with Crippen LogP contribution in [0.3, 0.4) is 0 Å². The number of thiazole rings is 1. The van der Waals surface area contributed by atoms with Gasteiger partial charge in [0.05, 0.1) is 5.01 Å². The second-order valence-electron chi connectivity index (χ2n) is 3.50. The number of carbonyl (C=O) groups excluding carboxylic acids is 1. The van der Waals surface area contributed by atoms with Gasteiger partial charge in [0, 0.05) is 22.4 Å². The summed E-state index contributed by atoms with van der Waals surface area (Å²) < 4.78 is 0. The number of rotatable bonds is 4. The van der Waals surface area contributed by atoms with E-state index in [1.807, 2.05) is 0 Å². The van der Waals surface area contributed by atoms with E-state index in [0.717, 1.165) is 5.01 Å². The molecule has 17 heavy (non-hydrogen) atoms. The van der Waals surface area contributed by atoms with E-state index in [1.165, 1.54) is 11.3 Å². The van der Waals surface area contributed by atoms with Crippen LogP contribution >= 0.6 is 22.9 Å². The molecule has 0 fully saturated rings. The molecule has 0 spiro atoms. The molecule has 1 aromatic heterocycles. The van der Waals surface area contributed by atoms with Crippen molar-refractivity contribution >= 4 is 28.7 Å².